The number of hydrogen-bond acceptors (Lipinski definition) is 3. The molecule has 0 atom stereocenters. The number of alkyl halides is 1. The van der Waals surface area contributed by atoms with Gasteiger partial charge in [-0.3, -0.25) is 4.89 Å². The maximum atomic E-state index is 9.57. The van der Waals surface area contributed by atoms with E-state index in [2.05, 4.69) is 15.5 Å². The van der Waals surface area contributed by atoms with E-state index in [1.165, 1.54) is 0 Å². The molecular formula is C2H4ClNO3. The van der Waals surface area contributed by atoms with Crippen LogP contribution in [0.5, 0.6) is 0 Å². The zero-order chi connectivity index (χ0) is 5.70. The summed E-state index contributed by atoms with van der Waals surface area (Å²) in [4.78, 5) is 17.2. The highest BCUT2D eigenvalue weighted by atomic mass is 35.5. The Morgan fingerprint density at radius 2 is 2.43 bits per heavy atom. The monoisotopic (exact) mass is 125 g/mol. The fraction of sp³-hybridized carbons (Fsp3) is 0.500. The Balaban J connectivity index is 2.82. The van der Waals surface area contributed by atoms with Crippen LogP contribution in [0.2, 0.25) is 0 Å². The molecule has 0 aliphatic rings. The van der Waals surface area contributed by atoms with Crippen molar-refractivity contribution in [3.05, 3.63) is 0 Å². The molecule has 0 aromatic heterocycles. The Kier molecular flexibility index (Phi) is 3.45. The van der Waals surface area contributed by atoms with Crippen LogP contribution in [0.3, 0.4) is 0 Å². The Labute approximate surface area is 45.1 Å². The summed E-state index contributed by atoms with van der Waals surface area (Å²) in [6.45, 7) is 0. The lowest BCUT2D eigenvalue weighted by Crippen LogP contribution is -2.12. The molecule has 0 aliphatic heterocycles. The van der Waals surface area contributed by atoms with Crippen molar-refractivity contribution in [2.45, 2.75) is 0 Å². The van der Waals surface area contributed by atoms with E-state index in [4.69, 9.17) is 11.6 Å². The summed E-state index contributed by atoms with van der Waals surface area (Å²) in [6.07, 6.45) is -0.999. The summed E-state index contributed by atoms with van der Waals surface area (Å²) in [5.41, 5.74) is 4.43. The quantitative estimate of drug-likeness (QED) is 0.326. The van der Waals surface area contributed by atoms with Gasteiger partial charge in [-0.15, -0.1) is 0 Å². The van der Waals surface area contributed by atoms with Gasteiger partial charge in [-0.1, -0.05) is 11.6 Å². The molecule has 42 valence electrons. The van der Waals surface area contributed by atoms with Crippen molar-refractivity contribution in [3.8, 4) is 0 Å². The van der Waals surface area contributed by atoms with Crippen molar-refractivity contribution in [2.24, 2.45) is 5.73 Å². The minimum absolute atomic E-state index is 0.205. The summed E-state index contributed by atoms with van der Waals surface area (Å²) in [5, 5.41) is 0. The van der Waals surface area contributed by atoms with Crippen LogP contribution in [-0.2, 0) is 9.78 Å². The molecule has 0 rings (SSSR count). The third-order valence-corrected chi connectivity index (χ3v) is 0.275. The normalized spacial score (nSPS) is 8.14. The molecule has 5 heteroatoms. The third-order valence-electron chi connectivity index (χ3n) is 0.186. The smallest absolute Gasteiger partial charge is 0.333 e. The zero-order valence-corrected chi connectivity index (χ0v) is 4.14. The van der Waals surface area contributed by atoms with Gasteiger partial charge in [0.2, 0.25) is 0 Å². The second-order valence-electron chi connectivity index (χ2n) is 0.629. The molecule has 0 aliphatic carbocycles. The molecule has 0 saturated heterocycles. The molecule has 0 aromatic carbocycles. The van der Waals surface area contributed by atoms with Crippen LogP contribution < -0.4 is 5.73 Å². The van der Waals surface area contributed by atoms with Crippen LogP contribution in [0, 0.1) is 0 Å². The van der Waals surface area contributed by atoms with Gasteiger partial charge in [-0.05, 0) is 0 Å². The summed E-state index contributed by atoms with van der Waals surface area (Å²) >= 11 is 4.89. The molecule has 1 amide bonds. The molecule has 2 N–H and O–H groups in total. The van der Waals surface area contributed by atoms with E-state index in [1.54, 1.807) is 0 Å². The van der Waals surface area contributed by atoms with E-state index < -0.39 is 6.09 Å². The minimum atomic E-state index is -0.999. The number of primary amides is 1. The summed E-state index contributed by atoms with van der Waals surface area (Å²) in [7, 11) is 0. The highest BCUT2D eigenvalue weighted by molar-refractivity contribution is 6.17. The number of nitrogens with two attached hydrogens (primary N) is 1. The molecule has 0 aromatic rings. The van der Waals surface area contributed by atoms with E-state index in [9.17, 15) is 4.79 Å². The van der Waals surface area contributed by atoms with Gasteiger partial charge in [-0.25, -0.2) is 4.79 Å². The second-order valence-corrected chi connectivity index (χ2v) is 0.848. The Hall–Kier alpha value is -0.480. The molecule has 0 spiro atoms. The van der Waals surface area contributed by atoms with E-state index in [0.717, 1.165) is 0 Å². The van der Waals surface area contributed by atoms with Gasteiger partial charge in [0.15, 0.2) is 6.07 Å². The van der Waals surface area contributed by atoms with Crippen molar-refractivity contribution in [3.63, 3.8) is 0 Å². The van der Waals surface area contributed by atoms with Crippen LogP contribution in [0.4, 0.5) is 4.79 Å². The van der Waals surface area contributed by atoms with E-state index in [0.29, 0.717) is 0 Å². The van der Waals surface area contributed by atoms with E-state index in [1.807, 2.05) is 0 Å². The predicted molar refractivity (Wildman–Crippen MR) is 22.5 cm³/mol. The number of hydrogen-bond donors (Lipinski definition) is 1. The molecule has 0 radical (unpaired) electrons. The highest BCUT2D eigenvalue weighted by Gasteiger charge is 1.88. The molecule has 0 unspecified atom stereocenters. The molecule has 0 bridgehead atoms. The Morgan fingerprint density at radius 3 is 2.57 bits per heavy atom. The Bertz CT molecular complexity index is 66.0. The summed E-state index contributed by atoms with van der Waals surface area (Å²) < 4.78 is 0. The lowest BCUT2D eigenvalue weighted by atomic mass is 11.3. The molecule has 0 heterocycles. The second kappa shape index (κ2) is 3.70. The number of halogens is 1. The first-order valence-corrected chi connectivity index (χ1v) is 1.95. The highest BCUT2D eigenvalue weighted by Crippen LogP contribution is 1.79. The van der Waals surface area contributed by atoms with Gasteiger partial charge < -0.3 is 5.73 Å². The maximum absolute atomic E-state index is 9.57. The maximum Gasteiger partial charge on any atom is 0.436 e. The van der Waals surface area contributed by atoms with Crippen LogP contribution in [0.1, 0.15) is 0 Å². The number of carbonyl (C=O) groups excluding carboxylic acids is 1. The summed E-state index contributed by atoms with van der Waals surface area (Å²) in [6, 6.07) is -0.205. The van der Waals surface area contributed by atoms with Crippen molar-refractivity contribution in [1.82, 2.24) is 0 Å². The first kappa shape index (κ1) is 6.52. The van der Waals surface area contributed by atoms with Gasteiger partial charge in [0, 0.05) is 0 Å². The lowest BCUT2D eigenvalue weighted by Gasteiger charge is -1.91. The molecular weight excluding hydrogens is 121 g/mol. The first-order valence-electron chi connectivity index (χ1n) is 1.42. The van der Waals surface area contributed by atoms with Gasteiger partial charge in [0.1, 0.15) is 0 Å². The zero-order valence-electron chi connectivity index (χ0n) is 3.39. The van der Waals surface area contributed by atoms with Crippen molar-refractivity contribution >= 4 is 17.7 Å². The topological polar surface area (TPSA) is 61.6 Å². The standard InChI is InChI=1S/C2H4ClNO3/c3-1-6-7-2(4)5/h1H2,(H2,4,5). The predicted octanol–water partition coefficient (Wildman–Crippen LogP) is 0.210. The van der Waals surface area contributed by atoms with Gasteiger partial charge >= 0.3 is 6.09 Å². The van der Waals surface area contributed by atoms with Crippen molar-refractivity contribution in [1.29, 1.82) is 0 Å². The van der Waals surface area contributed by atoms with Gasteiger partial charge in [-0.2, -0.15) is 4.89 Å². The fourth-order valence-corrected chi connectivity index (χ4v) is 0.125. The largest absolute Gasteiger partial charge is 0.436 e. The van der Waals surface area contributed by atoms with E-state index >= 15 is 0 Å². The Morgan fingerprint density at radius 1 is 1.86 bits per heavy atom. The summed E-state index contributed by atoms with van der Waals surface area (Å²) in [5.74, 6) is 0. The lowest BCUT2D eigenvalue weighted by molar-refractivity contribution is -0.219. The third kappa shape index (κ3) is 5.52. The minimum Gasteiger partial charge on any atom is -0.333 e. The van der Waals surface area contributed by atoms with Crippen LogP contribution >= 0.6 is 11.6 Å². The number of rotatable bonds is 2. The fourth-order valence-electron chi connectivity index (χ4n) is 0.0803. The molecule has 7 heavy (non-hydrogen) atoms. The molecule has 0 saturated carbocycles. The van der Waals surface area contributed by atoms with Gasteiger partial charge in [0.05, 0.1) is 0 Å². The average molecular weight is 126 g/mol. The first-order chi connectivity index (χ1) is 3.27. The van der Waals surface area contributed by atoms with Crippen molar-refractivity contribution in [2.75, 3.05) is 6.07 Å². The van der Waals surface area contributed by atoms with E-state index in [-0.39, 0.29) is 6.07 Å². The van der Waals surface area contributed by atoms with Crippen LogP contribution in [0.15, 0.2) is 0 Å². The SMILES string of the molecule is NC(=O)OOCCl. The molecule has 4 nitrogen and oxygen atoms in total. The number of amides is 1. The average Bonchev–Trinajstić information content (AvgIpc) is 1.61. The van der Waals surface area contributed by atoms with Crippen molar-refractivity contribution < 1.29 is 14.6 Å². The van der Waals surface area contributed by atoms with Gasteiger partial charge in [0.25, 0.3) is 0 Å². The van der Waals surface area contributed by atoms with Crippen LogP contribution in [-0.4, -0.2) is 12.2 Å². The van der Waals surface area contributed by atoms with Crippen LogP contribution in [0.25, 0.3) is 0 Å². The molecule has 0 fully saturated rings. The number of carbonyl (C=O) groups is 1.